The summed E-state index contributed by atoms with van der Waals surface area (Å²) in [6.45, 7) is 1.80. The summed E-state index contributed by atoms with van der Waals surface area (Å²) < 4.78 is 1.89. The van der Waals surface area contributed by atoms with Crippen LogP contribution in [-0.2, 0) is 7.05 Å². The normalized spacial score (nSPS) is 16.8. The number of piperazine rings is 1. The molecule has 0 radical (unpaired) electrons. The van der Waals surface area contributed by atoms with Crippen LogP contribution in [-0.4, -0.2) is 51.2 Å². The van der Waals surface area contributed by atoms with Crippen molar-refractivity contribution in [3.05, 3.63) is 52.1 Å². The highest BCUT2D eigenvalue weighted by Gasteiger charge is 2.31. The van der Waals surface area contributed by atoms with Gasteiger partial charge in [0.25, 0.3) is 11.6 Å². The molecule has 1 N–H and O–H groups in total. The summed E-state index contributed by atoms with van der Waals surface area (Å²) in [6, 6.07) is 4.44. The molecule has 1 amide bonds. The van der Waals surface area contributed by atoms with E-state index in [9.17, 15) is 14.9 Å². The van der Waals surface area contributed by atoms with Gasteiger partial charge in [0.15, 0.2) is 0 Å². The third-order valence-corrected chi connectivity index (χ3v) is 5.07. The quantitative estimate of drug-likeness (QED) is 0.483. The molecule has 0 aliphatic carbocycles. The zero-order valence-corrected chi connectivity index (χ0v) is 16.0. The second-order valence-electron chi connectivity index (χ2n) is 5.76. The number of benzene rings is 1. The molecule has 1 atom stereocenters. The third kappa shape index (κ3) is 3.84. The van der Waals surface area contributed by atoms with E-state index >= 15 is 0 Å². The number of nitro benzene ring substituents is 1. The second-order valence-corrected chi connectivity index (χ2v) is 6.61. The van der Waals surface area contributed by atoms with Gasteiger partial charge in [-0.25, -0.2) is 4.98 Å². The number of aromatic nitrogens is 2. The van der Waals surface area contributed by atoms with E-state index in [0.717, 1.165) is 5.82 Å². The van der Waals surface area contributed by atoms with Crippen LogP contribution in [0, 0.1) is 10.1 Å². The molecule has 0 bridgehead atoms. The van der Waals surface area contributed by atoms with Gasteiger partial charge in [0.1, 0.15) is 11.9 Å². The highest BCUT2D eigenvalue weighted by molar-refractivity contribution is 7.98. The first kappa shape index (κ1) is 20.2. The van der Waals surface area contributed by atoms with E-state index in [-0.39, 0.29) is 30.0 Å². The Morgan fingerprint density at radius 1 is 1.46 bits per heavy atom. The minimum absolute atomic E-state index is 0. The Labute approximate surface area is 161 Å². The molecule has 2 heterocycles. The summed E-state index contributed by atoms with van der Waals surface area (Å²) in [5.74, 6) is 0.570. The summed E-state index contributed by atoms with van der Waals surface area (Å²) >= 11 is 1.29. The third-order valence-electron chi connectivity index (χ3n) is 4.28. The summed E-state index contributed by atoms with van der Waals surface area (Å²) in [5, 5.41) is 14.5. The molecule has 3 rings (SSSR count). The van der Waals surface area contributed by atoms with Gasteiger partial charge in [0, 0.05) is 50.7 Å². The number of nitro groups is 1. The molecule has 1 aliphatic rings. The first-order valence-electron chi connectivity index (χ1n) is 7.84. The van der Waals surface area contributed by atoms with Crippen molar-refractivity contribution in [2.24, 2.45) is 7.05 Å². The first-order chi connectivity index (χ1) is 12.0. The number of carbonyl (C=O) groups is 1. The molecule has 1 aromatic heterocycles. The van der Waals surface area contributed by atoms with E-state index in [1.807, 2.05) is 17.8 Å². The summed E-state index contributed by atoms with van der Waals surface area (Å²) in [5.41, 5.74) is 0.285. The van der Waals surface area contributed by atoms with Crippen molar-refractivity contribution in [3.63, 3.8) is 0 Å². The Balaban J connectivity index is 0.00000243. The van der Waals surface area contributed by atoms with Crippen molar-refractivity contribution in [2.45, 2.75) is 10.9 Å². The van der Waals surface area contributed by atoms with Crippen LogP contribution in [0.5, 0.6) is 0 Å². The molecule has 0 spiro atoms. The second kappa shape index (κ2) is 8.52. The number of imidazole rings is 1. The summed E-state index contributed by atoms with van der Waals surface area (Å²) in [6.07, 6.45) is 5.31. The first-order valence-corrected chi connectivity index (χ1v) is 9.06. The molecule has 140 valence electrons. The molecule has 10 heteroatoms. The molecule has 0 saturated carbocycles. The lowest BCUT2D eigenvalue weighted by Gasteiger charge is -2.35. The van der Waals surface area contributed by atoms with Crippen molar-refractivity contribution in [3.8, 4) is 0 Å². The Morgan fingerprint density at radius 2 is 2.23 bits per heavy atom. The van der Waals surface area contributed by atoms with Crippen molar-refractivity contribution in [1.29, 1.82) is 0 Å². The van der Waals surface area contributed by atoms with E-state index < -0.39 is 4.92 Å². The van der Waals surface area contributed by atoms with Gasteiger partial charge in [-0.2, -0.15) is 0 Å². The average molecular weight is 398 g/mol. The van der Waals surface area contributed by atoms with E-state index in [4.69, 9.17) is 0 Å². The number of hydrogen-bond acceptors (Lipinski definition) is 6. The standard InChI is InChI=1S/C16H19N5O3S.ClH/c1-19-7-6-18-15(19)13-10-17-5-8-20(13)16(22)11-3-4-14(25-2)12(9-11)21(23)24;/h3-4,6-7,9,13,17H,5,8,10H2,1-2H3;1H. The van der Waals surface area contributed by atoms with Gasteiger partial charge in [-0.15, -0.1) is 24.2 Å². The Hall–Kier alpha value is -2.10. The fraction of sp³-hybridized carbons (Fsp3) is 0.375. The fourth-order valence-electron chi connectivity index (χ4n) is 3.01. The molecule has 1 unspecified atom stereocenters. The van der Waals surface area contributed by atoms with Crippen LogP contribution >= 0.6 is 24.2 Å². The van der Waals surface area contributed by atoms with Crippen molar-refractivity contribution < 1.29 is 9.72 Å². The molecule has 26 heavy (non-hydrogen) atoms. The highest BCUT2D eigenvalue weighted by atomic mass is 35.5. The molecular formula is C16H20ClN5O3S. The molecule has 1 saturated heterocycles. The minimum atomic E-state index is -0.448. The highest BCUT2D eigenvalue weighted by Crippen LogP contribution is 2.30. The molecule has 1 aromatic carbocycles. The van der Waals surface area contributed by atoms with Gasteiger partial charge in [-0.1, -0.05) is 0 Å². The van der Waals surface area contributed by atoms with Gasteiger partial charge in [0.05, 0.1) is 9.82 Å². The maximum Gasteiger partial charge on any atom is 0.283 e. The largest absolute Gasteiger partial charge is 0.336 e. The predicted octanol–water partition coefficient (Wildman–Crippen LogP) is 2.26. The van der Waals surface area contributed by atoms with E-state index in [1.165, 1.54) is 17.8 Å². The molecular weight excluding hydrogens is 378 g/mol. The minimum Gasteiger partial charge on any atom is -0.336 e. The van der Waals surface area contributed by atoms with Gasteiger partial charge in [0.2, 0.25) is 0 Å². The Morgan fingerprint density at radius 3 is 2.85 bits per heavy atom. The monoisotopic (exact) mass is 397 g/mol. The lowest BCUT2D eigenvalue weighted by atomic mass is 10.1. The van der Waals surface area contributed by atoms with Crippen LogP contribution in [0.2, 0.25) is 0 Å². The van der Waals surface area contributed by atoms with E-state index in [0.29, 0.717) is 30.1 Å². The van der Waals surface area contributed by atoms with Gasteiger partial charge >= 0.3 is 0 Å². The average Bonchev–Trinajstić information content (AvgIpc) is 3.06. The number of rotatable bonds is 4. The topological polar surface area (TPSA) is 93.3 Å². The van der Waals surface area contributed by atoms with Crippen LogP contribution in [0.3, 0.4) is 0 Å². The summed E-state index contributed by atoms with van der Waals surface area (Å²) in [7, 11) is 1.89. The lowest BCUT2D eigenvalue weighted by Crippen LogP contribution is -2.49. The molecule has 2 aromatic rings. The van der Waals surface area contributed by atoms with E-state index in [2.05, 4.69) is 10.3 Å². The Bertz CT molecular complexity index is 813. The summed E-state index contributed by atoms with van der Waals surface area (Å²) in [4.78, 5) is 30.5. The number of carbonyl (C=O) groups excluding carboxylic acids is 1. The number of nitrogens with zero attached hydrogens (tertiary/aromatic N) is 4. The fourth-order valence-corrected chi connectivity index (χ4v) is 3.55. The molecule has 8 nitrogen and oxygen atoms in total. The number of aryl methyl sites for hydroxylation is 1. The smallest absolute Gasteiger partial charge is 0.283 e. The number of halogens is 1. The lowest BCUT2D eigenvalue weighted by molar-refractivity contribution is -0.387. The number of hydrogen-bond donors (Lipinski definition) is 1. The molecule has 1 fully saturated rings. The number of thioether (sulfide) groups is 1. The predicted molar refractivity (Wildman–Crippen MR) is 102 cm³/mol. The number of amides is 1. The van der Waals surface area contributed by atoms with Gasteiger partial charge in [-0.3, -0.25) is 14.9 Å². The van der Waals surface area contributed by atoms with Crippen molar-refractivity contribution in [2.75, 3.05) is 25.9 Å². The number of nitrogens with one attached hydrogen (secondary N) is 1. The SMILES string of the molecule is CSc1ccc(C(=O)N2CCNCC2c2nccn2C)cc1[N+](=O)[O-].Cl. The van der Waals surface area contributed by atoms with Gasteiger partial charge < -0.3 is 14.8 Å². The van der Waals surface area contributed by atoms with Crippen LogP contribution < -0.4 is 5.32 Å². The maximum atomic E-state index is 13.0. The van der Waals surface area contributed by atoms with Gasteiger partial charge in [-0.05, 0) is 18.4 Å². The maximum absolute atomic E-state index is 13.0. The zero-order valence-electron chi connectivity index (χ0n) is 14.4. The van der Waals surface area contributed by atoms with Crippen LogP contribution in [0.25, 0.3) is 0 Å². The van der Waals surface area contributed by atoms with Crippen LogP contribution in [0.15, 0.2) is 35.5 Å². The molecule has 1 aliphatic heterocycles. The van der Waals surface area contributed by atoms with Crippen LogP contribution in [0.1, 0.15) is 22.2 Å². The van der Waals surface area contributed by atoms with Crippen LogP contribution in [0.4, 0.5) is 5.69 Å². The van der Waals surface area contributed by atoms with Crippen molar-refractivity contribution in [1.82, 2.24) is 19.8 Å². The van der Waals surface area contributed by atoms with E-state index in [1.54, 1.807) is 29.5 Å². The Kier molecular flexibility index (Phi) is 6.63. The zero-order chi connectivity index (χ0) is 18.0. The van der Waals surface area contributed by atoms with Crippen molar-refractivity contribution >= 4 is 35.8 Å².